The van der Waals surface area contributed by atoms with E-state index in [0.29, 0.717) is 0 Å². The molecule has 0 aliphatic carbocycles. The van der Waals surface area contributed by atoms with Gasteiger partial charge in [0.2, 0.25) is 0 Å². The molecule has 0 aliphatic rings. The molecule has 1 aromatic rings. The highest BCUT2D eigenvalue weighted by Crippen LogP contribution is 2.04. The van der Waals surface area contributed by atoms with E-state index in [4.69, 9.17) is 0 Å². The molecule has 0 unspecified atom stereocenters. The van der Waals surface area contributed by atoms with Crippen molar-refractivity contribution >= 4 is 0 Å². The van der Waals surface area contributed by atoms with Gasteiger partial charge in [0.1, 0.15) is 0 Å². The zero-order chi connectivity index (χ0) is 8.65. The largest absolute Gasteiger partial charge is 0.261 e. The number of rotatable bonds is 5. The summed E-state index contributed by atoms with van der Waals surface area (Å²) in [6, 6.07) is 6.13. The van der Waals surface area contributed by atoms with Crippen LogP contribution in [0.3, 0.4) is 0 Å². The highest BCUT2D eigenvalue weighted by Gasteiger charge is 1.91. The van der Waals surface area contributed by atoms with E-state index >= 15 is 0 Å². The fourth-order valence-electron chi connectivity index (χ4n) is 1.28. The Bertz CT molecular complexity index is 193. The number of aromatic nitrogens is 1. The number of pyridine rings is 1. The summed E-state index contributed by atoms with van der Waals surface area (Å²) in [6.45, 7) is 2.24. The van der Waals surface area contributed by atoms with Crippen LogP contribution >= 0.6 is 0 Å². The molecule has 1 heteroatoms. The Balaban J connectivity index is 2.16. The Morgan fingerprint density at radius 1 is 1.17 bits per heavy atom. The molecular formula is C11H17N. The van der Waals surface area contributed by atoms with E-state index in [1.165, 1.54) is 31.4 Å². The molecule has 0 fully saturated rings. The van der Waals surface area contributed by atoms with Crippen molar-refractivity contribution in [1.29, 1.82) is 0 Å². The van der Waals surface area contributed by atoms with Gasteiger partial charge in [-0.1, -0.05) is 32.3 Å². The maximum atomic E-state index is 4.28. The van der Waals surface area contributed by atoms with E-state index < -0.39 is 0 Å². The van der Waals surface area contributed by atoms with Crippen LogP contribution in [0.1, 0.15) is 38.3 Å². The summed E-state index contributed by atoms with van der Waals surface area (Å²) < 4.78 is 0. The van der Waals surface area contributed by atoms with E-state index in [1.807, 2.05) is 12.3 Å². The fourth-order valence-corrected chi connectivity index (χ4v) is 1.28. The molecule has 1 rings (SSSR count). The third kappa shape index (κ3) is 3.51. The van der Waals surface area contributed by atoms with Gasteiger partial charge in [0, 0.05) is 11.9 Å². The molecule has 0 aromatic carbocycles. The molecule has 0 saturated heterocycles. The summed E-state index contributed by atoms with van der Waals surface area (Å²) >= 11 is 0. The number of aryl methyl sites for hydroxylation is 1. The van der Waals surface area contributed by atoms with Crippen LogP contribution in [-0.2, 0) is 6.42 Å². The molecule has 12 heavy (non-hydrogen) atoms. The van der Waals surface area contributed by atoms with Gasteiger partial charge in [-0.2, -0.15) is 0 Å². The molecule has 0 N–H and O–H groups in total. The molecule has 1 nitrogen and oxygen atoms in total. The van der Waals surface area contributed by atoms with Crippen molar-refractivity contribution in [1.82, 2.24) is 4.98 Å². The molecule has 1 aromatic heterocycles. The van der Waals surface area contributed by atoms with Gasteiger partial charge in [-0.15, -0.1) is 0 Å². The smallest absolute Gasteiger partial charge is 0.0403 e. The molecule has 0 spiro atoms. The maximum Gasteiger partial charge on any atom is 0.0403 e. The van der Waals surface area contributed by atoms with Gasteiger partial charge < -0.3 is 0 Å². The minimum absolute atomic E-state index is 1.14. The first-order valence-corrected chi connectivity index (χ1v) is 4.83. The molecule has 66 valence electrons. The average Bonchev–Trinajstić information content (AvgIpc) is 2.14. The lowest BCUT2D eigenvalue weighted by atomic mass is 10.1. The normalized spacial score (nSPS) is 10.1. The van der Waals surface area contributed by atoms with Crippen LogP contribution in [0.15, 0.2) is 24.4 Å². The second-order valence-corrected chi connectivity index (χ2v) is 3.13. The van der Waals surface area contributed by atoms with Crippen LogP contribution in [0.2, 0.25) is 0 Å². The standard InChI is InChI=1S/C11H17N/c1-2-3-4-5-8-11-9-6-7-10-12-11/h6-7,9-10H,2-5,8H2,1H3. The second kappa shape index (κ2) is 5.76. The van der Waals surface area contributed by atoms with Crippen LogP contribution in [-0.4, -0.2) is 4.98 Å². The van der Waals surface area contributed by atoms with Crippen LogP contribution in [0.4, 0.5) is 0 Å². The molecule has 0 saturated carbocycles. The third-order valence-electron chi connectivity index (χ3n) is 2.01. The predicted molar refractivity (Wildman–Crippen MR) is 52.1 cm³/mol. The highest BCUT2D eigenvalue weighted by atomic mass is 14.7. The lowest BCUT2D eigenvalue weighted by molar-refractivity contribution is 0.660. The second-order valence-electron chi connectivity index (χ2n) is 3.13. The summed E-state index contributed by atoms with van der Waals surface area (Å²) in [5.74, 6) is 0. The summed E-state index contributed by atoms with van der Waals surface area (Å²) in [4.78, 5) is 4.28. The van der Waals surface area contributed by atoms with Gasteiger partial charge in [0.25, 0.3) is 0 Å². The minimum Gasteiger partial charge on any atom is -0.261 e. The van der Waals surface area contributed by atoms with Crippen molar-refractivity contribution in [3.05, 3.63) is 30.1 Å². The number of unbranched alkanes of at least 4 members (excludes halogenated alkanes) is 3. The van der Waals surface area contributed by atoms with Crippen LogP contribution in [0.25, 0.3) is 0 Å². The molecule has 0 radical (unpaired) electrons. The molecule has 0 aliphatic heterocycles. The van der Waals surface area contributed by atoms with Crippen molar-refractivity contribution in [3.8, 4) is 0 Å². The van der Waals surface area contributed by atoms with E-state index in [2.05, 4.69) is 24.0 Å². The highest BCUT2D eigenvalue weighted by molar-refractivity contribution is 5.03. The van der Waals surface area contributed by atoms with Gasteiger partial charge in [0.05, 0.1) is 0 Å². The molecule has 0 bridgehead atoms. The SMILES string of the molecule is CCCCCCc1ccccn1. The molecule has 0 amide bonds. The maximum absolute atomic E-state index is 4.28. The Kier molecular flexibility index (Phi) is 4.43. The fraction of sp³-hybridized carbons (Fsp3) is 0.545. The lowest BCUT2D eigenvalue weighted by Crippen LogP contribution is -1.88. The van der Waals surface area contributed by atoms with E-state index in [1.54, 1.807) is 0 Å². The Hall–Kier alpha value is -0.850. The Morgan fingerprint density at radius 3 is 2.75 bits per heavy atom. The van der Waals surface area contributed by atoms with Crippen molar-refractivity contribution < 1.29 is 0 Å². The molecular weight excluding hydrogens is 146 g/mol. The van der Waals surface area contributed by atoms with Gasteiger partial charge in [-0.25, -0.2) is 0 Å². The van der Waals surface area contributed by atoms with Crippen LogP contribution in [0.5, 0.6) is 0 Å². The topological polar surface area (TPSA) is 12.9 Å². The quantitative estimate of drug-likeness (QED) is 0.607. The Labute approximate surface area is 74.8 Å². The van der Waals surface area contributed by atoms with Crippen molar-refractivity contribution in [2.45, 2.75) is 39.0 Å². The van der Waals surface area contributed by atoms with Gasteiger partial charge >= 0.3 is 0 Å². The average molecular weight is 163 g/mol. The first-order chi connectivity index (χ1) is 5.93. The first-order valence-electron chi connectivity index (χ1n) is 4.83. The zero-order valence-electron chi connectivity index (χ0n) is 7.79. The lowest BCUT2D eigenvalue weighted by Gasteiger charge is -1.98. The van der Waals surface area contributed by atoms with E-state index in [-0.39, 0.29) is 0 Å². The minimum atomic E-state index is 1.14. The molecule has 0 atom stereocenters. The number of hydrogen-bond acceptors (Lipinski definition) is 1. The van der Waals surface area contributed by atoms with E-state index in [0.717, 1.165) is 6.42 Å². The predicted octanol–water partition coefficient (Wildman–Crippen LogP) is 3.20. The molecule has 1 heterocycles. The number of hydrogen-bond donors (Lipinski definition) is 0. The summed E-state index contributed by atoms with van der Waals surface area (Å²) in [7, 11) is 0. The summed E-state index contributed by atoms with van der Waals surface area (Å²) in [5.41, 5.74) is 1.23. The van der Waals surface area contributed by atoms with Crippen molar-refractivity contribution in [2.75, 3.05) is 0 Å². The van der Waals surface area contributed by atoms with E-state index in [9.17, 15) is 0 Å². The van der Waals surface area contributed by atoms with Crippen LogP contribution < -0.4 is 0 Å². The summed E-state index contributed by atoms with van der Waals surface area (Å²) in [6.07, 6.45) is 8.29. The monoisotopic (exact) mass is 163 g/mol. The zero-order valence-corrected chi connectivity index (χ0v) is 7.79. The van der Waals surface area contributed by atoms with Gasteiger partial charge in [0.15, 0.2) is 0 Å². The van der Waals surface area contributed by atoms with Crippen LogP contribution in [0, 0.1) is 0 Å². The van der Waals surface area contributed by atoms with Gasteiger partial charge in [-0.3, -0.25) is 4.98 Å². The van der Waals surface area contributed by atoms with Crippen molar-refractivity contribution in [2.24, 2.45) is 0 Å². The Morgan fingerprint density at radius 2 is 2.08 bits per heavy atom. The first kappa shape index (κ1) is 9.24. The summed E-state index contributed by atoms with van der Waals surface area (Å²) in [5, 5.41) is 0. The van der Waals surface area contributed by atoms with Gasteiger partial charge in [-0.05, 0) is 25.0 Å². The third-order valence-corrected chi connectivity index (χ3v) is 2.01. The number of nitrogens with zero attached hydrogens (tertiary/aromatic N) is 1. The van der Waals surface area contributed by atoms with Crippen molar-refractivity contribution in [3.63, 3.8) is 0 Å².